The lowest BCUT2D eigenvalue weighted by Crippen LogP contribution is -2.51. The number of hydrogen-bond donors (Lipinski definition) is 2. The van der Waals surface area contributed by atoms with Gasteiger partial charge in [0.05, 0.1) is 5.52 Å². The van der Waals surface area contributed by atoms with Gasteiger partial charge in [0, 0.05) is 12.6 Å². The molecule has 0 saturated heterocycles. The molecule has 1 aromatic carbocycles. The van der Waals surface area contributed by atoms with Gasteiger partial charge >= 0.3 is 5.97 Å². The Bertz CT molecular complexity index is 679. The molecule has 1 heterocycles. The third-order valence-electron chi connectivity index (χ3n) is 3.44. The molecule has 0 bridgehead atoms. The minimum Gasteiger partial charge on any atom is -0.480 e. The van der Waals surface area contributed by atoms with Gasteiger partial charge < -0.3 is 10.4 Å². The normalized spacial score (nSPS) is 13.9. The predicted molar refractivity (Wildman–Crippen MR) is 72.3 cm³/mol. The summed E-state index contributed by atoms with van der Waals surface area (Å²) in [5.41, 5.74) is 0.472. The summed E-state index contributed by atoms with van der Waals surface area (Å²) in [6, 6.07) is 4.95. The van der Waals surface area contributed by atoms with Crippen LogP contribution >= 0.6 is 0 Å². The molecular formula is C13H16N4O3. The Hall–Kier alpha value is -2.44. The second-order valence-corrected chi connectivity index (χ2v) is 4.86. The molecule has 0 aliphatic heterocycles. The van der Waals surface area contributed by atoms with Crippen LogP contribution in [0.25, 0.3) is 11.0 Å². The molecule has 0 spiro atoms. The molecule has 0 radical (unpaired) electrons. The van der Waals surface area contributed by atoms with Crippen LogP contribution in [0.1, 0.15) is 30.6 Å². The Morgan fingerprint density at radius 1 is 1.45 bits per heavy atom. The molecule has 106 valence electrons. The molecule has 7 heteroatoms. The summed E-state index contributed by atoms with van der Waals surface area (Å²) < 4.78 is 1.60. The van der Waals surface area contributed by atoms with E-state index in [0.717, 1.165) is 5.52 Å². The number of carbonyl (C=O) groups excluding carboxylic acids is 1. The van der Waals surface area contributed by atoms with Crippen molar-refractivity contribution in [2.24, 2.45) is 7.05 Å². The van der Waals surface area contributed by atoms with Crippen molar-refractivity contribution in [1.82, 2.24) is 20.3 Å². The van der Waals surface area contributed by atoms with Crippen molar-refractivity contribution in [3.8, 4) is 0 Å². The van der Waals surface area contributed by atoms with Crippen molar-refractivity contribution in [2.75, 3.05) is 0 Å². The second kappa shape index (κ2) is 4.92. The van der Waals surface area contributed by atoms with Gasteiger partial charge in [-0.1, -0.05) is 12.1 Å². The van der Waals surface area contributed by atoms with Crippen molar-refractivity contribution in [1.29, 1.82) is 0 Å². The quantitative estimate of drug-likeness (QED) is 0.866. The van der Waals surface area contributed by atoms with Gasteiger partial charge in [-0.25, -0.2) is 9.48 Å². The summed E-state index contributed by atoms with van der Waals surface area (Å²) in [6.07, 6.45) is 0.293. The number of aliphatic carboxylic acids is 1. The van der Waals surface area contributed by atoms with Crippen LogP contribution in [0.2, 0.25) is 0 Å². The summed E-state index contributed by atoms with van der Waals surface area (Å²) >= 11 is 0. The van der Waals surface area contributed by atoms with Crippen LogP contribution in [0.3, 0.4) is 0 Å². The minimum absolute atomic E-state index is 0.293. The Morgan fingerprint density at radius 3 is 2.75 bits per heavy atom. The fourth-order valence-electron chi connectivity index (χ4n) is 1.80. The van der Waals surface area contributed by atoms with Crippen molar-refractivity contribution in [3.05, 3.63) is 23.8 Å². The second-order valence-electron chi connectivity index (χ2n) is 4.86. The molecule has 0 fully saturated rings. The van der Waals surface area contributed by atoms with E-state index in [1.54, 1.807) is 36.9 Å². The third-order valence-corrected chi connectivity index (χ3v) is 3.44. The fraction of sp³-hybridized carbons (Fsp3) is 0.385. The standard InChI is InChI=1S/C13H16N4O3/c1-4-13(2,12(19)20)14-11(18)8-5-6-10-9(7-8)15-16-17(10)3/h5-7H,4H2,1-3H3,(H,14,18)(H,19,20). The molecule has 1 unspecified atom stereocenters. The number of carboxylic acid groups (broad SMARTS) is 1. The van der Waals surface area contributed by atoms with Crippen LogP contribution in [0.5, 0.6) is 0 Å². The van der Waals surface area contributed by atoms with Gasteiger partial charge in [0.15, 0.2) is 0 Å². The first-order valence-corrected chi connectivity index (χ1v) is 6.22. The van der Waals surface area contributed by atoms with E-state index in [1.165, 1.54) is 6.92 Å². The first kappa shape index (κ1) is 14.0. The topological polar surface area (TPSA) is 97.1 Å². The number of hydrogen-bond acceptors (Lipinski definition) is 4. The van der Waals surface area contributed by atoms with Gasteiger partial charge in [0.25, 0.3) is 5.91 Å². The van der Waals surface area contributed by atoms with Gasteiger partial charge in [-0.3, -0.25) is 4.79 Å². The number of nitrogens with zero attached hydrogens (tertiary/aromatic N) is 3. The van der Waals surface area contributed by atoms with Crippen molar-refractivity contribution < 1.29 is 14.7 Å². The lowest BCUT2D eigenvalue weighted by atomic mass is 9.98. The zero-order valence-electron chi connectivity index (χ0n) is 11.5. The van der Waals surface area contributed by atoms with E-state index in [4.69, 9.17) is 5.11 Å². The minimum atomic E-state index is -1.28. The maximum absolute atomic E-state index is 12.1. The number of carbonyl (C=O) groups is 2. The van der Waals surface area contributed by atoms with E-state index in [-0.39, 0.29) is 0 Å². The number of fused-ring (bicyclic) bond motifs is 1. The maximum atomic E-state index is 12.1. The van der Waals surface area contributed by atoms with Crippen LogP contribution in [-0.2, 0) is 11.8 Å². The lowest BCUT2D eigenvalue weighted by molar-refractivity contribution is -0.143. The SMILES string of the molecule is CCC(C)(NC(=O)c1ccc2c(c1)nnn2C)C(=O)O. The van der Waals surface area contributed by atoms with Crippen LogP contribution < -0.4 is 5.32 Å². The van der Waals surface area contributed by atoms with E-state index in [1.807, 2.05) is 0 Å². The van der Waals surface area contributed by atoms with Crippen LogP contribution in [0.4, 0.5) is 0 Å². The number of aryl methyl sites for hydroxylation is 1. The molecule has 2 N–H and O–H groups in total. The smallest absolute Gasteiger partial charge is 0.329 e. The van der Waals surface area contributed by atoms with Crippen LogP contribution in [-0.4, -0.2) is 37.5 Å². The monoisotopic (exact) mass is 276 g/mol. The number of nitrogens with one attached hydrogen (secondary N) is 1. The van der Waals surface area contributed by atoms with Gasteiger partial charge in [-0.2, -0.15) is 0 Å². The summed E-state index contributed by atoms with van der Waals surface area (Å²) in [6.45, 7) is 3.19. The van der Waals surface area contributed by atoms with E-state index in [2.05, 4.69) is 15.6 Å². The molecule has 20 heavy (non-hydrogen) atoms. The molecule has 0 saturated carbocycles. The number of benzene rings is 1. The molecule has 1 amide bonds. The Balaban J connectivity index is 2.29. The summed E-state index contributed by atoms with van der Waals surface area (Å²) in [7, 11) is 1.76. The molecule has 0 aliphatic rings. The van der Waals surface area contributed by atoms with Gasteiger partial charge in [0.2, 0.25) is 0 Å². The van der Waals surface area contributed by atoms with Crippen LogP contribution in [0, 0.1) is 0 Å². The molecule has 1 atom stereocenters. The van der Waals surface area contributed by atoms with Gasteiger partial charge in [-0.05, 0) is 31.5 Å². The highest BCUT2D eigenvalue weighted by Crippen LogP contribution is 2.15. The fourth-order valence-corrected chi connectivity index (χ4v) is 1.80. The highest BCUT2D eigenvalue weighted by Gasteiger charge is 2.33. The largest absolute Gasteiger partial charge is 0.480 e. The Kier molecular flexibility index (Phi) is 3.44. The molecule has 7 nitrogen and oxygen atoms in total. The van der Waals surface area contributed by atoms with Gasteiger partial charge in [-0.15, -0.1) is 5.10 Å². The summed E-state index contributed by atoms with van der Waals surface area (Å²) in [5, 5.41) is 19.5. The van der Waals surface area contributed by atoms with E-state index in [9.17, 15) is 9.59 Å². The molecular weight excluding hydrogens is 260 g/mol. The van der Waals surface area contributed by atoms with Crippen molar-refractivity contribution in [3.63, 3.8) is 0 Å². The van der Waals surface area contributed by atoms with Crippen molar-refractivity contribution in [2.45, 2.75) is 25.8 Å². The zero-order valence-corrected chi connectivity index (χ0v) is 11.5. The molecule has 2 aromatic rings. The molecule has 0 aliphatic carbocycles. The van der Waals surface area contributed by atoms with E-state index in [0.29, 0.717) is 17.5 Å². The highest BCUT2D eigenvalue weighted by atomic mass is 16.4. The predicted octanol–water partition coefficient (Wildman–Crippen LogP) is 0.951. The summed E-state index contributed by atoms with van der Waals surface area (Å²) in [4.78, 5) is 23.3. The average molecular weight is 276 g/mol. The first-order valence-electron chi connectivity index (χ1n) is 6.22. The van der Waals surface area contributed by atoms with Gasteiger partial charge in [0.1, 0.15) is 11.1 Å². The highest BCUT2D eigenvalue weighted by molar-refractivity contribution is 5.99. The molecule has 1 aromatic heterocycles. The summed E-state index contributed by atoms with van der Waals surface area (Å²) in [5.74, 6) is -1.50. The lowest BCUT2D eigenvalue weighted by Gasteiger charge is -2.24. The Labute approximate surface area is 115 Å². The number of aromatic nitrogens is 3. The Morgan fingerprint density at radius 2 is 2.15 bits per heavy atom. The third kappa shape index (κ3) is 2.34. The number of amides is 1. The maximum Gasteiger partial charge on any atom is 0.329 e. The van der Waals surface area contributed by atoms with Crippen LogP contribution in [0.15, 0.2) is 18.2 Å². The zero-order chi connectivity index (χ0) is 14.9. The number of carboxylic acids is 1. The van der Waals surface area contributed by atoms with Crippen molar-refractivity contribution >= 4 is 22.9 Å². The molecule has 2 rings (SSSR count). The first-order chi connectivity index (χ1) is 9.37. The number of rotatable bonds is 4. The average Bonchev–Trinajstić information content (AvgIpc) is 2.79. The van der Waals surface area contributed by atoms with E-state index >= 15 is 0 Å². The van der Waals surface area contributed by atoms with E-state index < -0.39 is 17.4 Å².